The first-order valence-electron chi connectivity index (χ1n) is 2.63. The van der Waals surface area contributed by atoms with Crippen LogP contribution in [-0.2, 0) is 4.46 Å². The molecule has 1 aromatic rings. The number of hydrogen-bond donors (Lipinski definition) is 1. The molecule has 2 nitrogen and oxygen atoms in total. The van der Waals surface area contributed by atoms with Crippen LogP contribution in [0.1, 0.15) is 0 Å². The molecule has 0 amide bonds. The van der Waals surface area contributed by atoms with E-state index < -0.39 is 9.41 Å². The van der Waals surface area contributed by atoms with E-state index in [1.165, 1.54) is 0 Å². The molecule has 46 valence electrons. The Kier molecular flexibility index (Phi) is 1.74. The average Bonchev–Trinajstić information content (AvgIpc) is 1.90. The number of hydrogen-bond acceptors (Lipinski definition) is 2. The van der Waals surface area contributed by atoms with Crippen molar-refractivity contribution in [2.75, 3.05) is 5.73 Å². The van der Waals surface area contributed by atoms with Crippen molar-refractivity contribution in [2.24, 2.45) is 0 Å². The minimum atomic E-state index is -0.805. The fourth-order valence-electron chi connectivity index (χ4n) is 0.575. The first-order chi connectivity index (χ1) is 4.33. The Morgan fingerprint density at radius 2 is 1.78 bits per heavy atom. The second-order valence-corrected chi connectivity index (χ2v) is 2.69. The van der Waals surface area contributed by atoms with Crippen LogP contribution >= 0.6 is 0 Å². The normalized spacial score (nSPS) is 8.89. The van der Waals surface area contributed by atoms with Gasteiger partial charge in [0.1, 0.15) is 0 Å². The molecule has 0 heterocycles. The number of anilines is 1. The van der Waals surface area contributed by atoms with Crippen LogP contribution in [0.4, 0.5) is 5.69 Å². The third-order valence-electron chi connectivity index (χ3n) is 1.07. The topological polar surface area (TPSA) is 43.1 Å². The summed E-state index contributed by atoms with van der Waals surface area (Å²) < 4.78 is 10.3. The molecule has 0 saturated heterocycles. The lowest BCUT2D eigenvalue weighted by Crippen LogP contribution is -2.04. The van der Waals surface area contributed by atoms with E-state index in [2.05, 4.69) is 0 Å². The molecule has 1 aromatic carbocycles. The molecule has 0 radical (unpaired) electrons. The van der Waals surface area contributed by atoms with Crippen LogP contribution in [0.25, 0.3) is 0 Å². The van der Waals surface area contributed by atoms with Crippen molar-refractivity contribution in [3.05, 3.63) is 24.3 Å². The summed E-state index contributed by atoms with van der Waals surface area (Å²) >= 11 is 0. The van der Waals surface area contributed by atoms with Gasteiger partial charge in [-0.3, -0.25) is 0 Å². The van der Waals surface area contributed by atoms with Gasteiger partial charge in [0.05, 0.1) is 0 Å². The molecule has 3 heteroatoms. The van der Waals surface area contributed by atoms with E-state index in [-0.39, 0.29) is 0 Å². The monoisotopic (exact) mass is 137 g/mol. The maximum atomic E-state index is 10.3. The molecule has 0 aliphatic rings. The fourth-order valence-corrected chi connectivity index (χ4v) is 0.924. The molecule has 1 rings (SSSR count). The Morgan fingerprint density at radius 3 is 2.22 bits per heavy atom. The summed E-state index contributed by atoms with van der Waals surface area (Å²) in [6, 6.07) is 7.05. The van der Waals surface area contributed by atoms with Crippen LogP contribution in [-0.4, -0.2) is 9.41 Å². The van der Waals surface area contributed by atoms with Gasteiger partial charge in [0.15, 0.2) is 0 Å². The largest absolute Gasteiger partial charge is 0.399 e. The third kappa shape index (κ3) is 1.47. The summed E-state index contributed by atoms with van der Waals surface area (Å²) in [5.74, 6) is 0. The maximum Gasteiger partial charge on any atom is 0.296 e. The van der Waals surface area contributed by atoms with Crippen LogP contribution in [0, 0.1) is 0 Å². The van der Waals surface area contributed by atoms with E-state index >= 15 is 0 Å². The molecule has 0 unspecified atom stereocenters. The standard InChI is InChI=1S/C6H7NOSi/c7-5-1-3-6(9-8)4-2-5/h1-4,9H,7H2. The zero-order chi connectivity index (χ0) is 6.69. The number of rotatable bonds is 1. The second-order valence-electron chi connectivity index (χ2n) is 1.78. The molecule has 2 N–H and O–H groups in total. The summed E-state index contributed by atoms with van der Waals surface area (Å²) in [5.41, 5.74) is 6.10. The second kappa shape index (κ2) is 2.55. The number of nitrogens with two attached hydrogens (primary N) is 1. The van der Waals surface area contributed by atoms with Gasteiger partial charge in [-0.1, -0.05) is 12.1 Å². The zero-order valence-corrected chi connectivity index (χ0v) is 6.03. The van der Waals surface area contributed by atoms with Crippen LogP contribution in [0.3, 0.4) is 0 Å². The maximum absolute atomic E-state index is 10.3. The van der Waals surface area contributed by atoms with Crippen LogP contribution in [0.5, 0.6) is 0 Å². The summed E-state index contributed by atoms with van der Waals surface area (Å²) in [6.07, 6.45) is 0. The highest BCUT2D eigenvalue weighted by Crippen LogP contribution is 1.94. The molecule has 0 spiro atoms. The van der Waals surface area contributed by atoms with Gasteiger partial charge in [0.2, 0.25) is 0 Å². The Balaban J connectivity index is 3.01. The average molecular weight is 137 g/mol. The molecule has 0 aliphatic heterocycles. The molecule has 0 aliphatic carbocycles. The lowest BCUT2D eigenvalue weighted by atomic mass is 10.3. The van der Waals surface area contributed by atoms with Crippen molar-refractivity contribution in [3.63, 3.8) is 0 Å². The smallest absolute Gasteiger partial charge is 0.296 e. The minimum Gasteiger partial charge on any atom is -0.399 e. The van der Waals surface area contributed by atoms with Gasteiger partial charge in [-0.05, 0) is 17.3 Å². The molecule has 0 fully saturated rings. The van der Waals surface area contributed by atoms with Gasteiger partial charge in [-0.25, -0.2) is 0 Å². The van der Waals surface area contributed by atoms with Crippen molar-refractivity contribution >= 4 is 20.3 Å². The van der Waals surface area contributed by atoms with E-state index in [0.29, 0.717) is 5.69 Å². The van der Waals surface area contributed by atoms with E-state index in [1.54, 1.807) is 24.3 Å². The van der Waals surface area contributed by atoms with Crippen LogP contribution in [0.15, 0.2) is 24.3 Å². The predicted octanol–water partition coefficient (Wildman–Crippen LogP) is -0.324. The predicted molar refractivity (Wildman–Crippen MR) is 38.3 cm³/mol. The lowest BCUT2D eigenvalue weighted by molar-refractivity contribution is 0.583. The van der Waals surface area contributed by atoms with Gasteiger partial charge in [0, 0.05) is 5.69 Å². The van der Waals surface area contributed by atoms with Crippen molar-refractivity contribution in [1.29, 1.82) is 0 Å². The summed E-state index contributed by atoms with van der Waals surface area (Å²) in [6.45, 7) is 0. The highest BCUT2D eigenvalue weighted by molar-refractivity contribution is 6.38. The molecule has 0 atom stereocenters. The Labute approximate surface area is 55.6 Å². The number of nitrogen functional groups attached to an aromatic ring is 1. The summed E-state index contributed by atoms with van der Waals surface area (Å²) in [4.78, 5) is 0. The lowest BCUT2D eigenvalue weighted by Gasteiger charge is -1.89. The molecule has 0 bridgehead atoms. The number of benzene rings is 1. The summed E-state index contributed by atoms with van der Waals surface area (Å²) in [7, 11) is -0.805. The van der Waals surface area contributed by atoms with Gasteiger partial charge < -0.3 is 10.2 Å². The van der Waals surface area contributed by atoms with E-state index in [9.17, 15) is 4.46 Å². The Bertz CT molecular complexity index is 207. The molecule has 0 aromatic heterocycles. The summed E-state index contributed by atoms with van der Waals surface area (Å²) in [5, 5.41) is 0.865. The van der Waals surface area contributed by atoms with E-state index in [0.717, 1.165) is 5.19 Å². The van der Waals surface area contributed by atoms with Crippen molar-refractivity contribution in [1.82, 2.24) is 0 Å². The first-order valence-corrected chi connectivity index (χ1v) is 3.68. The Hall–Kier alpha value is -0.963. The van der Waals surface area contributed by atoms with Gasteiger partial charge in [0.25, 0.3) is 9.41 Å². The fraction of sp³-hybridized carbons (Fsp3) is 0. The first kappa shape index (κ1) is 6.16. The SMILES string of the molecule is Nc1ccc([SiH]=O)cc1. The van der Waals surface area contributed by atoms with Crippen molar-refractivity contribution < 1.29 is 4.46 Å². The van der Waals surface area contributed by atoms with Crippen molar-refractivity contribution in [2.45, 2.75) is 0 Å². The van der Waals surface area contributed by atoms with Gasteiger partial charge in [-0.15, -0.1) is 0 Å². The highest BCUT2D eigenvalue weighted by Gasteiger charge is 1.86. The van der Waals surface area contributed by atoms with E-state index in [4.69, 9.17) is 5.73 Å². The van der Waals surface area contributed by atoms with Crippen LogP contribution in [0.2, 0.25) is 0 Å². The highest BCUT2D eigenvalue weighted by atomic mass is 28.2. The quantitative estimate of drug-likeness (QED) is 0.425. The van der Waals surface area contributed by atoms with E-state index in [1.807, 2.05) is 0 Å². The zero-order valence-electron chi connectivity index (χ0n) is 4.87. The third-order valence-corrected chi connectivity index (χ3v) is 1.73. The van der Waals surface area contributed by atoms with Gasteiger partial charge in [-0.2, -0.15) is 0 Å². The minimum absolute atomic E-state index is 0.714. The molecule has 0 saturated carbocycles. The molecular weight excluding hydrogens is 130 g/mol. The Morgan fingerprint density at radius 1 is 1.22 bits per heavy atom. The van der Waals surface area contributed by atoms with Crippen molar-refractivity contribution in [3.8, 4) is 0 Å². The van der Waals surface area contributed by atoms with Crippen LogP contribution < -0.4 is 10.9 Å². The van der Waals surface area contributed by atoms with Gasteiger partial charge >= 0.3 is 0 Å². The molecule has 9 heavy (non-hydrogen) atoms. The molecular formula is C6H7NOSi.